The highest BCUT2D eigenvalue weighted by atomic mass is 35.5. The van der Waals surface area contributed by atoms with Crippen LogP contribution in [0.15, 0.2) is 41.3 Å². The molecule has 1 aliphatic heterocycles. The van der Waals surface area contributed by atoms with Crippen LogP contribution in [0.5, 0.6) is 11.5 Å². The highest BCUT2D eigenvalue weighted by Crippen LogP contribution is 2.35. The summed E-state index contributed by atoms with van der Waals surface area (Å²) >= 11 is 6.80. The lowest BCUT2D eigenvalue weighted by Crippen LogP contribution is -2.36. The Morgan fingerprint density at radius 2 is 1.84 bits per heavy atom. The number of halogens is 1. The van der Waals surface area contributed by atoms with Gasteiger partial charge in [-0.2, -0.15) is 0 Å². The molecule has 0 bridgehead atoms. The minimum atomic E-state index is -0.628. The fraction of sp³-hybridized carbons (Fsp3) is 0.333. The van der Waals surface area contributed by atoms with Crippen molar-refractivity contribution in [3.05, 3.63) is 57.5 Å². The molecule has 38 heavy (non-hydrogen) atoms. The molecule has 1 fully saturated rings. The Labute approximate surface area is 230 Å². The van der Waals surface area contributed by atoms with Crippen LogP contribution < -0.4 is 14.8 Å². The molecule has 0 unspecified atom stereocenters. The Morgan fingerprint density at radius 3 is 2.53 bits per heavy atom. The minimum absolute atomic E-state index is 0.00678. The van der Waals surface area contributed by atoms with Gasteiger partial charge < -0.3 is 19.5 Å². The third kappa shape index (κ3) is 7.29. The van der Waals surface area contributed by atoms with Crippen molar-refractivity contribution in [1.82, 2.24) is 4.90 Å². The standard InChI is InChI=1S/C27H29ClN2O7S/c1-5-16(4)37-21-11-8-17(12-22(21)35-6-2)13-23-25(32)30(27(34)38-23)15-24(31)29-18-9-10-20(28)19(14-18)26(33)36-7-3/h8-14,16H,5-7,15H2,1-4H3,(H,29,31)/b23-13+/t16-/m1/s1. The predicted octanol–water partition coefficient (Wildman–Crippen LogP) is 5.77. The maximum atomic E-state index is 12.9. The first kappa shape index (κ1) is 29.1. The number of hydrogen-bond acceptors (Lipinski definition) is 8. The van der Waals surface area contributed by atoms with Crippen LogP contribution in [0.25, 0.3) is 6.08 Å². The van der Waals surface area contributed by atoms with Crippen molar-refractivity contribution in [3.8, 4) is 11.5 Å². The zero-order valence-electron chi connectivity index (χ0n) is 21.5. The maximum Gasteiger partial charge on any atom is 0.339 e. The largest absolute Gasteiger partial charge is 0.490 e. The van der Waals surface area contributed by atoms with Gasteiger partial charge in [0.25, 0.3) is 11.1 Å². The van der Waals surface area contributed by atoms with E-state index in [0.717, 1.165) is 23.1 Å². The molecule has 1 saturated heterocycles. The smallest absolute Gasteiger partial charge is 0.339 e. The van der Waals surface area contributed by atoms with E-state index >= 15 is 0 Å². The molecule has 0 saturated carbocycles. The van der Waals surface area contributed by atoms with E-state index in [-0.39, 0.29) is 33.9 Å². The van der Waals surface area contributed by atoms with Crippen LogP contribution in [0.3, 0.4) is 0 Å². The van der Waals surface area contributed by atoms with E-state index in [2.05, 4.69) is 5.32 Å². The van der Waals surface area contributed by atoms with Gasteiger partial charge in [0.15, 0.2) is 11.5 Å². The van der Waals surface area contributed by atoms with Crippen LogP contribution in [0.1, 0.15) is 50.0 Å². The van der Waals surface area contributed by atoms with Crippen molar-refractivity contribution in [2.45, 2.75) is 40.2 Å². The van der Waals surface area contributed by atoms with E-state index in [0.29, 0.717) is 23.7 Å². The van der Waals surface area contributed by atoms with Crippen molar-refractivity contribution in [2.24, 2.45) is 0 Å². The molecular formula is C27H29ClN2O7S. The topological polar surface area (TPSA) is 111 Å². The number of benzene rings is 2. The maximum absolute atomic E-state index is 12.9. The Morgan fingerprint density at radius 1 is 1.08 bits per heavy atom. The Kier molecular flexibility index (Phi) is 10.2. The number of nitrogens with one attached hydrogen (secondary N) is 1. The molecule has 202 valence electrons. The lowest BCUT2D eigenvalue weighted by molar-refractivity contribution is -0.127. The van der Waals surface area contributed by atoms with Crippen LogP contribution in [0.4, 0.5) is 10.5 Å². The van der Waals surface area contributed by atoms with E-state index in [9.17, 15) is 19.2 Å². The second kappa shape index (κ2) is 13.3. The third-order valence-corrected chi connectivity index (χ3v) is 6.63. The van der Waals surface area contributed by atoms with E-state index in [4.69, 9.17) is 25.8 Å². The lowest BCUT2D eigenvalue weighted by atomic mass is 10.1. The van der Waals surface area contributed by atoms with E-state index < -0.39 is 29.6 Å². The van der Waals surface area contributed by atoms with Crippen LogP contribution in [-0.4, -0.2) is 53.8 Å². The van der Waals surface area contributed by atoms with Crippen molar-refractivity contribution in [3.63, 3.8) is 0 Å². The highest BCUT2D eigenvalue weighted by molar-refractivity contribution is 8.18. The molecule has 9 nitrogen and oxygen atoms in total. The summed E-state index contributed by atoms with van der Waals surface area (Å²) < 4.78 is 16.6. The molecule has 1 heterocycles. The molecule has 0 aliphatic carbocycles. The summed E-state index contributed by atoms with van der Waals surface area (Å²) in [7, 11) is 0. The summed E-state index contributed by atoms with van der Waals surface area (Å²) in [6, 6.07) is 9.59. The van der Waals surface area contributed by atoms with Crippen LogP contribution in [0, 0.1) is 0 Å². The number of esters is 1. The number of amides is 3. The normalized spacial score (nSPS) is 15.0. The molecule has 2 aromatic carbocycles. The van der Waals surface area contributed by atoms with Crippen molar-refractivity contribution in [1.29, 1.82) is 0 Å². The van der Waals surface area contributed by atoms with E-state index in [1.807, 2.05) is 20.8 Å². The van der Waals surface area contributed by atoms with Gasteiger partial charge >= 0.3 is 5.97 Å². The van der Waals surface area contributed by atoms with Gasteiger partial charge in [0, 0.05) is 5.69 Å². The predicted molar refractivity (Wildman–Crippen MR) is 147 cm³/mol. The summed E-state index contributed by atoms with van der Waals surface area (Å²) in [4.78, 5) is 51.2. The van der Waals surface area contributed by atoms with Crippen LogP contribution >= 0.6 is 23.4 Å². The fourth-order valence-electron chi connectivity index (χ4n) is 3.38. The number of anilines is 1. The van der Waals surface area contributed by atoms with Crippen molar-refractivity contribution >= 4 is 58.1 Å². The van der Waals surface area contributed by atoms with Gasteiger partial charge in [-0.05, 0) is 80.9 Å². The molecule has 3 rings (SSSR count). The quantitative estimate of drug-likeness (QED) is 0.272. The zero-order valence-corrected chi connectivity index (χ0v) is 23.1. The number of hydrogen-bond donors (Lipinski definition) is 1. The first-order valence-corrected chi connectivity index (χ1v) is 13.3. The van der Waals surface area contributed by atoms with Gasteiger partial charge in [-0.15, -0.1) is 0 Å². The fourth-order valence-corrected chi connectivity index (χ4v) is 4.41. The molecule has 11 heteroatoms. The molecular weight excluding hydrogens is 532 g/mol. The van der Waals surface area contributed by atoms with Crippen LogP contribution in [-0.2, 0) is 14.3 Å². The average molecular weight is 561 g/mol. The van der Waals surface area contributed by atoms with Gasteiger partial charge in [-0.1, -0.05) is 24.6 Å². The molecule has 1 N–H and O–H groups in total. The van der Waals surface area contributed by atoms with Crippen molar-refractivity contribution < 1.29 is 33.4 Å². The third-order valence-electron chi connectivity index (χ3n) is 5.39. The molecule has 1 aliphatic rings. The summed E-state index contributed by atoms with van der Waals surface area (Å²) in [6.45, 7) is 7.61. The van der Waals surface area contributed by atoms with Gasteiger partial charge in [-0.3, -0.25) is 19.3 Å². The molecule has 0 radical (unpaired) electrons. The number of carbonyl (C=O) groups is 4. The molecule has 3 amide bonds. The monoisotopic (exact) mass is 560 g/mol. The highest BCUT2D eigenvalue weighted by Gasteiger charge is 2.36. The number of nitrogens with zero attached hydrogens (tertiary/aromatic N) is 1. The zero-order chi connectivity index (χ0) is 27.8. The second-order valence-corrected chi connectivity index (χ2v) is 9.61. The number of imide groups is 1. The number of carbonyl (C=O) groups excluding carboxylic acids is 4. The second-order valence-electron chi connectivity index (χ2n) is 8.21. The van der Waals surface area contributed by atoms with Crippen molar-refractivity contribution in [2.75, 3.05) is 25.1 Å². The molecule has 0 aromatic heterocycles. The minimum Gasteiger partial charge on any atom is -0.490 e. The number of thioether (sulfide) groups is 1. The molecule has 0 spiro atoms. The van der Waals surface area contributed by atoms with E-state index in [1.165, 1.54) is 18.2 Å². The Hall–Kier alpha value is -3.50. The first-order chi connectivity index (χ1) is 18.2. The molecule has 1 atom stereocenters. The van der Waals surface area contributed by atoms with Crippen LogP contribution in [0.2, 0.25) is 5.02 Å². The summed E-state index contributed by atoms with van der Waals surface area (Å²) in [5.74, 6) is -0.703. The van der Waals surface area contributed by atoms with E-state index in [1.54, 1.807) is 31.2 Å². The van der Waals surface area contributed by atoms with Gasteiger partial charge in [0.1, 0.15) is 6.54 Å². The average Bonchev–Trinajstić information content (AvgIpc) is 3.14. The first-order valence-electron chi connectivity index (χ1n) is 12.1. The molecule has 2 aromatic rings. The summed E-state index contributed by atoms with van der Waals surface area (Å²) in [6.07, 6.45) is 2.41. The van der Waals surface area contributed by atoms with Gasteiger partial charge in [0.2, 0.25) is 5.91 Å². The number of rotatable bonds is 11. The lowest BCUT2D eigenvalue weighted by Gasteiger charge is -2.16. The Balaban J connectivity index is 1.72. The van der Waals surface area contributed by atoms with Gasteiger partial charge in [-0.25, -0.2) is 4.79 Å². The Bertz CT molecular complexity index is 1260. The summed E-state index contributed by atoms with van der Waals surface area (Å²) in [5.41, 5.74) is 1.01. The SMILES string of the molecule is CCOC(=O)c1cc(NC(=O)CN2C(=O)S/C(=C/c3ccc(O[C@H](C)CC)c(OCC)c3)C2=O)ccc1Cl. The number of ether oxygens (including phenoxy) is 3. The van der Waals surface area contributed by atoms with Gasteiger partial charge in [0.05, 0.1) is 34.8 Å². The summed E-state index contributed by atoms with van der Waals surface area (Å²) in [5, 5.41) is 2.18.